The lowest BCUT2D eigenvalue weighted by molar-refractivity contribution is -0.130. The van der Waals surface area contributed by atoms with Gasteiger partial charge in [0.15, 0.2) is 11.6 Å². The molecule has 0 aromatic rings. The van der Waals surface area contributed by atoms with Gasteiger partial charge >= 0.3 is 0 Å². The van der Waals surface area contributed by atoms with Crippen LogP contribution in [-0.2, 0) is 9.59 Å². The van der Waals surface area contributed by atoms with Crippen LogP contribution in [0.5, 0.6) is 0 Å². The number of nitrogens with zero attached hydrogens (tertiary/aromatic N) is 2. The van der Waals surface area contributed by atoms with Crippen LogP contribution in [0.25, 0.3) is 4.85 Å². The Balaban J connectivity index is 2.33. The summed E-state index contributed by atoms with van der Waals surface area (Å²) >= 11 is 0. The molecular weight excluding hydrogens is 336 g/mol. The van der Waals surface area contributed by atoms with Crippen LogP contribution < -0.4 is 0 Å². The number of allylic oxidation sites excluding steroid dienone is 6. The molecule has 1 saturated carbocycles. The zero-order valence-corrected chi connectivity index (χ0v) is 15.5. The summed E-state index contributed by atoms with van der Waals surface area (Å²) in [7, 11) is 0. The number of hydrogen-bond donors (Lipinski definition) is 0. The van der Waals surface area contributed by atoms with Gasteiger partial charge in [-0.15, -0.1) is 6.42 Å². The second-order valence-corrected chi connectivity index (χ2v) is 8.02. The average Bonchev–Trinajstić information content (AvgIpc) is 2.63. The van der Waals surface area contributed by atoms with Crippen LogP contribution >= 0.6 is 0 Å². The van der Waals surface area contributed by atoms with Gasteiger partial charge in [-0.1, -0.05) is 32.8 Å². The number of hydrogen-bond acceptors (Lipinski definition) is 3. The molecule has 3 aliphatic carbocycles. The molecule has 4 heteroatoms. The fourth-order valence-electron chi connectivity index (χ4n) is 5.05. The summed E-state index contributed by atoms with van der Waals surface area (Å²) in [5.41, 5.74) is -1.42. The Morgan fingerprint density at radius 2 is 2.00 bits per heavy atom. The molecule has 0 spiro atoms. The minimum Gasteiger partial charge on any atom is -0.307 e. The van der Waals surface area contributed by atoms with Gasteiger partial charge in [-0.2, -0.15) is 5.26 Å². The van der Waals surface area contributed by atoms with E-state index in [-0.39, 0.29) is 28.8 Å². The number of rotatable bonds is 0. The number of ketones is 2. The number of carbonyl (C=O) groups excluding carboxylic acids is 2. The second kappa shape index (κ2) is 5.84. The number of carbonyl (C=O) groups is 2. The number of fused-ring (bicyclic) bond motifs is 3. The van der Waals surface area contributed by atoms with Gasteiger partial charge in [0.05, 0.1) is 17.6 Å². The molecule has 0 aromatic heterocycles. The molecule has 0 aromatic carbocycles. The molecule has 0 heterocycles. The largest absolute Gasteiger partial charge is 0.307 e. The molecule has 3 rings (SSSR count). The van der Waals surface area contributed by atoms with Gasteiger partial charge in [-0.05, 0) is 48.3 Å². The van der Waals surface area contributed by atoms with Crippen molar-refractivity contribution in [2.75, 3.05) is 0 Å². The van der Waals surface area contributed by atoms with E-state index in [2.05, 4.69) is 22.6 Å². The molecular formula is C23H18N2O2. The Morgan fingerprint density at radius 1 is 1.30 bits per heavy atom. The molecule has 1 fully saturated rings. The van der Waals surface area contributed by atoms with Crippen LogP contribution in [0.15, 0.2) is 35.1 Å². The van der Waals surface area contributed by atoms with Gasteiger partial charge < -0.3 is 4.79 Å². The lowest BCUT2D eigenvalue weighted by atomic mass is 9.46. The van der Waals surface area contributed by atoms with Gasteiger partial charge in [0.25, 0.3) is 0 Å². The molecule has 132 valence electrons. The van der Waals surface area contributed by atoms with E-state index in [1.165, 1.54) is 6.08 Å². The molecule has 0 aliphatic heterocycles. The third-order valence-electron chi connectivity index (χ3n) is 6.27. The Labute approximate surface area is 159 Å². The van der Waals surface area contributed by atoms with Crippen LogP contribution in [0.2, 0.25) is 0 Å². The average molecular weight is 354 g/mol. The lowest BCUT2D eigenvalue weighted by Gasteiger charge is -2.56. The standard InChI is InChI=1S/C23H18N2O2/c1-6-7-9-23-10-8-18-21(2,3)20(27)16(25-5)13-22(18,4)19(23)11-17(26)15(12-23)14-24/h1,11-13,18H,8,10H2,2-4H3. The van der Waals surface area contributed by atoms with Crippen molar-refractivity contribution in [2.45, 2.75) is 33.6 Å². The minimum absolute atomic E-state index is 0.0487. The highest BCUT2D eigenvalue weighted by molar-refractivity contribution is 6.09. The van der Waals surface area contributed by atoms with E-state index in [0.717, 1.165) is 5.57 Å². The quantitative estimate of drug-likeness (QED) is 0.495. The summed E-state index contributed by atoms with van der Waals surface area (Å²) in [6.45, 7) is 13.1. The summed E-state index contributed by atoms with van der Waals surface area (Å²) in [5.74, 6) is 7.42. The fraction of sp³-hybridized carbons (Fsp3) is 0.391. The zero-order chi connectivity index (χ0) is 20.0. The van der Waals surface area contributed by atoms with Crippen LogP contribution in [-0.4, -0.2) is 11.6 Å². The van der Waals surface area contributed by atoms with Gasteiger partial charge in [-0.3, -0.25) is 4.79 Å². The predicted octanol–water partition coefficient (Wildman–Crippen LogP) is 3.40. The van der Waals surface area contributed by atoms with Crippen molar-refractivity contribution in [2.24, 2.45) is 22.2 Å². The maximum absolute atomic E-state index is 12.8. The van der Waals surface area contributed by atoms with Crippen molar-refractivity contribution in [3.8, 4) is 30.3 Å². The third kappa shape index (κ3) is 2.39. The van der Waals surface area contributed by atoms with E-state index in [1.54, 1.807) is 12.2 Å². The van der Waals surface area contributed by atoms with Crippen molar-refractivity contribution in [3.05, 3.63) is 46.5 Å². The number of nitriles is 1. The molecule has 3 aliphatic rings. The van der Waals surface area contributed by atoms with E-state index >= 15 is 0 Å². The summed E-state index contributed by atoms with van der Waals surface area (Å²) in [5, 5.41) is 9.33. The van der Waals surface area contributed by atoms with E-state index in [1.807, 2.05) is 26.8 Å². The van der Waals surface area contributed by atoms with Crippen molar-refractivity contribution in [3.63, 3.8) is 0 Å². The van der Waals surface area contributed by atoms with Crippen LogP contribution in [0.4, 0.5) is 0 Å². The SMILES string of the molecule is [C-]#[N+]C1=CC2(C)C3=CC(=O)C(C#N)=CC3(C#CC#C)CCC2C(C)(C)C1=O. The lowest BCUT2D eigenvalue weighted by Crippen LogP contribution is -2.53. The van der Waals surface area contributed by atoms with Gasteiger partial charge in [-0.25, -0.2) is 4.85 Å². The highest BCUT2D eigenvalue weighted by atomic mass is 16.1. The monoisotopic (exact) mass is 354 g/mol. The van der Waals surface area contributed by atoms with Gasteiger partial charge in [0.1, 0.15) is 6.07 Å². The van der Waals surface area contributed by atoms with Crippen molar-refractivity contribution >= 4 is 11.6 Å². The normalized spacial score (nSPS) is 33.3. The maximum Gasteiger partial charge on any atom is 0.226 e. The smallest absolute Gasteiger partial charge is 0.226 e. The molecule has 4 nitrogen and oxygen atoms in total. The second-order valence-electron chi connectivity index (χ2n) is 8.02. The summed E-state index contributed by atoms with van der Waals surface area (Å²) < 4.78 is 0. The predicted molar refractivity (Wildman–Crippen MR) is 100 cm³/mol. The van der Waals surface area contributed by atoms with E-state index in [9.17, 15) is 14.9 Å². The first-order valence-corrected chi connectivity index (χ1v) is 8.69. The summed E-state index contributed by atoms with van der Waals surface area (Å²) in [6, 6.07) is 1.95. The Hall–Kier alpha value is -3.34. The molecule has 0 saturated heterocycles. The minimum atomic E-state index is -0.837. The maximum atomic E-state index is 12.8. The third-order valence-corrected chi connectivity index (χ3v) is 6.27. The van der Waals surface area contributed by atoms with Gasteiger partial charge in [0.2, 0.25) is 5.70 Å². The van der Waals surface area contributed by atoms with Crippen LogP contribution in [0.3, 0.4) is 0 Å². The first-order valence-electron chi connectivity index (χ1n) is 8.69. The molecule has 0 amide bonds. The highest BCUT2D eigenvalue weighted by Gasteiger charge is 2.59. The first kappa shape index (κ1) is 18.5. The topological polar surface area (TPSA) is 62.3 Å². The number of terminal acetylenes is 1. The molecule has 0 radical (unpaired) electrons. The summed E-state index contributed by atoms with van der Waals surface area (Å²) in [4.78, 5) is 28.7. The van der Waals surface area contributed by atoms with E-state index < -0.39 is 16.2 Å². The molecule has 3 atom stereocenters. The Kier molecular flexibility index (Phi) is 3.99. The van der Waals surface area contributed by atoms with E-state index in [4.69, 9.17) is 13.0 Å². The van der Waals surface area contributed by atoms with Crippen molar-refractivity contribution in [1.29, 1.82) is 5.26 Å². The van der Waals surface area contributed by atoms with Gasteiger partial charge in [0, 0.05) is 10.8 Å². The molecule has 27 heavy (non-hydrogen) atoms. The molecule has 0 bridgehead atoms. The Bertz CT molecular complexity index is 1050. The van der Waals surface area contributed by atoms with E-state index in [0.29, 0.717) is 12.8 Å². The van der Waals surface area contributed by atoms with Crippen LogP contribution in [0.1, 0.15) is 33.6 Å². The highest BCUT2D eigenvalue weighted by Crippen LogP contribution is 2.63. The first-order chi connectivity index (χ1) is 12.7. The fourth-order valence-corrected chi connectivity index (χ4v) is 5.05. The van der Waals surface area contributed by atoms with Crippen LogP contribution in [0, 0.1) is 64.3 Å². The zero-order valence-electron chi connectivity index (χ0n) is 15.5. The number of Topliss-reactive ketones (excluding diaryl/α,β-unsaturated/α-hetero) is 1. The molecule has 0 N–H and O–H groups in total. The van der Waals surface area contributed by atoms with Crippen molar-refractivity contribution in [1.82, 2.24) is 0 Å². The summed E-state index contributed by atoms with van der Waals surface area (Å²) in [6.07, 6.45) is 11.3. The molecule has 3 unspecified atom stereocenters. The van der Waals surface area contributed by atoms with Crippen molar-refractivity contribution < 1.29 is 9.59 Å². The Morgan fingerprint density at radius 3 is 2.59 bits per heavy atom.